The zero-order valence-corrected chi connectivity index (χ0v) is 18.0. The van der Waals surface area contributed by atoms with E-state index in [-0.39, 0.29) is 29.4 Å². The highest BCUT2D eigenvalue weighted by molar-refractivity contribution is 7.91. The number of aromatic nitrogens is 2. The summed E-state index contributed by atoms with van der Waals surface area (Å²) in [6.07, 6.45) is 1.95. The average molecular weight is 451 g/mol. The number of alkyl halides is 1. The highest BCUT2D eigenvalue weighted by Crippen LogP contribution is 2.42. The van der Waals surface area contributed by atoms with Crippen molar-refractivity contribution in [3.63, 3.8) is 0 Å². The molecule has 0 radical (unpaired) electrons. The summed E-state index contributed by atoms with van der Waals surface area (Å²) in [5, 5.41) is 12.7. The number of hydrogen-bond donors (Lipinski definition) is 2. The molecule has 166 valence electrons. The molecule has 2 amide bonds. The van der Waals surface area contributed by atoms with Gasteiger partial charge in [-0.05, 0) is 55.4 Å². The van der Waals surface area contributed by atoms with Crippen molar-refractivity contribution in [2.75, 3.05) is 11.9 Å². The van der Waals surface area contributed by atoms with Gasteiger partial charge >= 0.3 is 6.03 Å². The minimum Gasteiger partial charge on any atom is -0.474 e. The number of carbonyl (C=O) groups excluding carboxylic acids is 1. The molecule has 0 bridgehead atoms. The van der Waals surface area contributed by atoms with Crippen LogP contribution in [0.5, 0.6) is 5.88 Å². The lowest BCUT2D eigenvalue weighted by Crippen LogP contribution is -2.26. The van der Waals surface area contributed by atoms with Gasteiger partial charge in [-0.15, -0.1) is 4.36 Å². The lowest BCUT2D eigenvalue weighted by Gasteiger charge is -2.16. The summed E-state index contributed by atoms with van der Waals surface area (Å²) in [6.45, 7) is 4.12. The molecule has 0 spiro atoms. The Morgan fingerprint density at radius 2 is 2.03 bits per heavy atom. The maximum atomic E-state index is 14.8. The fourth-order valence-electron chi connectivity index (χ4n) is 4.71. The second-order valence-electron chi connectivity index (χ2n) is 8.88. The first-order valence-electron chi connectivity index (χ1n) is 10.1. The number of benzene rings is 1. The van der Waals surface area contributed by atoms with E-state index in [0.717, 1.165) is 6.42 Å². The van der Waals surface area contributed by atoms with E-state index in [1.54, 1.807) is 4.68 Å². The smallest absolute Gasteiger partial charge is 0.354 e. The molecule has 5 rings (SSSR count). The molecule has 2 unspecified atom stereocenters. The Morgan fingerprint density at radius 3 is 2.81 bits per heavy atom. The van der Waals surface area contributed by atoms with E-state index in [9.17, 15) is 17.8 Å². The summed E-state index contributed by atoms with van der Waals surface area (Å²) in [5.74, 6) is -0.145. The second-order valence-corrected chi connectivity index (χ2v) is 10.6. The van der Waals surface area contributed by atoms with Crippen LogP contribution in [-0.2, 0) is 41.1 Å². The van der Waals surface area contributed by atoms with E-state index < -0.39 is 27.7 Å². The third-order valence-corrected chi connectivity index (χ3v) is 7.51. The maximum Gasteiger partial charge on any atom is 0.354 e. The highest BCUT2D eigenvalue weighted by atomic mass is 32.2. The Hall–Kier alpha value is -2.53. The first-order chi connectivity index (χ1) is 14.6. The van der Waals surface area contributed by atoms with E-state index >= 15 is 0 Å². The number of rotatable bonds is 2. The van der Waals surface area contributed by atoms with Crippen LogP contribution in [0.2, 0.25) is 0 Å². The zero-order valence-electron chi connectivity index (χ0n) is 17.2. The molecule has 0 saturated heterocycles. The van der Waals surface area contributed by atoms with Crippen LogP contribution in [0.15, 0.2) is 15.5 Å². The second kappa shape index (κ2) is 6.73. The monoisotopic (exact) mass is 451 g/mol. The van der Waals surface area contributed by atoms with E-state index in [0.29, 0.717) is 47.4 Å². The van der Waals surface area contributed by atoms with Crippen molar-refractivity contribution in [3.05, 3.63) is 34.3 Å². The summed E-state index contributed by atoms with van der Waals surface area (Å²) < 4.78 is 52.8. The van der Waals surface area contributed by atoms with Gasteiger partial charge in [0.1, 0.15) is 23.5 Å². The number of halogens is 2. The molecule has 2 aromatic rings. The largest absolute Gasteiger partial charge is 0.474 e. The van der Waals surface area contributed by atoms with Crippen molar-refractivity contribution in [3.8, 4) is 5.88 Å². The van der Waals surface area contributed by atoms with Crippen molar-refractivity contribution in [1.82, 2.24) is 9.78 Å². The van der Waals surface area contributed by atoms with Gasteiger partial charge in [0.15, 0.2) is 9.92 Å². The number of carbonyl (C=O) groups is 1. The van der Waals surface area contributed by atoms with Gasteiger partial charge in [0.05, 0.1) is 11.7 Å². The Morgan fingerprint density at radius 1 is 1.32 bits per heavy atom. The molecule has 2 atom stereocenters. The molecule has 8 nitrogen and oxygen atoms in total. The maximum absolute atomic E-state index is 14.8. The molecular formula is C20H23F2N5O3S. The minimum atomic E-state index is -3.65. The van der Waals surface area contributed by atoms with Gasteiger partial charge in [-0.25, -0.2) is 27.6 Å². The summed E-state index contributed by atoms with van der Waals surface area (Å²) in [5.41, 5.74) is 1.88. The predicted molar refractivity (Wildman–Crippen MR) is 110 cm³/mol. The van der Waals surface area contributed by atoms with Gasteiger partial charge in [0.2, 0.25) is 5.88 Å². The van der Waals surface area contributed by atoms with Crippen molar-refractivity contribution < 1.29 is 22.5 Å². The molecule has 0 saturated carbocycles. The van der Waals surface area contributed by atoms with Crippen LogP contribution >= 0.6 is 0 Å². The topological polar surface area (TPSA) is 112 Å². The van der Waals surface area contributed by atoms with Crippen LogP contribution in [0.25, 0.3) is 0 Å². The third kappa shape index (κ3) is 3.13. The minimum absolute atomic E-state index is 0.0161. The molecule has 3 N–H and O–H groups in total. The molecule has 0 fully saturated rings. The summed E-state index contributed by atoms with van der Waals surface area (Å²) in [4.78, 5) is 12.8. The number of amides is 2. The molecule has 1 aliphatic heterocycles. The lowest BCUT2D eigenvalue weighted by atomic mass is 9.98. The third-order valence-electron chi connectivity index (χ3n) is 6.16. The summed E-state index contributed by atoms with van der Waals surface area (Å²) >= 11 is 0. The van der Waals surface area contributed by atoms with Gasteiger partial charge in [0, 0.05) is 18.5 Å². The van der Waals surface area contributed by atoms with E-state index in [1.807, 2.05) is 13.8 Å². The molecule has 3 aliphatic rings. The number of nitrogens with one attached hydrogen (secondary N) is 1. The summed E-state index contributed by atoms with van der Waals surface area (Å²) in [6, 6.07) is -0.935. The number of nitrogens with two attached hydrogens (primary N) is 1. The fourth-order valence-corrected chi connectivity index (χ4v) is 5.69. The number of ether oxygens (including phenoxy) is 1. The van der Waals surface area contributed by atoms with Crippen LogP contribution < -0.4 is 15.2 Å². The van der Waals surface area contributed by atoms with Crippen LogP contribution in [0.3, 0.4) is 0 Å². The Bertz CT molecular complexity index is 1250. The number of anilines is 1. The zero-order chi connectivity index (χ0) is 22.1. The number of nitrogens with zero attached hydrogens (tertiary/aromatic N) is 3. The first-order valence-corrected chi connectivity index (χ1v) is 11.7. The number of fused-ring (bicyclic) bond motifs is 3. The molecular weight excluding hydrogens is 428 g/mol. The van der Waals surface area contributed by atoms with Crippen molar-refractivity contribution in [2.24, 2.45) is 9.50 Å². The highest BCUT2D eigenvalue weighted by Gasteiger charge is 2.37. The van der Waals surface area contributed by atoms with Crippen LogP contribution in [0.4, 0.5) is 19.3 Å². The molecule has 31 heavy (non-hydrogen) atoms. The molecule has 2 heterocycles. The lowest BCUT2D eigenvalue weighted by molar-refractivity contribution is 0.259. The van der Waals surface area contributed by atoms with Crippen LogP contribution in [0.1, 0.15) is 42.5 Å². The van der Waals surface area contributed by atoms with Gasteiger partial charge in [-0.3, -0.25) is 0 Å². The Balaban J connectivity index is 1.51. The van der Waals surface area contributed by atoms with Crippen LogP contribution in [0, 0.1) is 5.82 Å². The summed E-state index contributed by atoms with van der Waals surface area (Å²) in [7, 11) is -3.65. The SMILES string of the molecule is CC1(C)COc2c(S(N)(=O)=NC(=O)Nc3c4c(c(F)c5c3CC(F)C5)CCC4)cnn21. The van der Waals surface area contributed by atoms with Gasteiger partial charge < -0.3 is 10.1 Å². The molecule has 11 heteroatoms. The van der Waals surface area contributed by atoms with Crippen molar-refractivity contribution in [2.45, 2.75) is 62.6 Å². The predicted octanol–water partition coefficient (Wildman–Crippen LogP) is 3.01. The van der Waals surface area contributed by atoms with E-state index in [1.165, 1.54) is 6.20 Å². The van der Waals surface area contributed by atoms with E-state index in [4.69, 9.17) is 9.88 Å². The average Bonchev–Trinajstić information content (AvgIpc) is 3.43. The van der Waals surface area contributed by atoms with Crippen molar-refractivity contribution in [1.29, 1.82) is 0 Å². The van der Waals surface area contributed by atoms with Gasteiger partial charge in [0.25, 0.3) is 0 Å². The first kappa shape index (κ1) is 20.4. The van der Waals surface area contributed by atoms with Gasteiger partial charge in [-0.2, -0.15) is 5.10 Å². The fraction of sp³-hybridized carbons (Fsp3) is 0.500. The Kier molecular flexibility index (Phi) is 4.43. The van der Waals surface area contributed by atoms with Crippen LogP contribution in [-0.4, -0.2) is 32.8 Å². The molecule has 2 aliphatic carbocycles. The Labute approximate surface area is 178 Å². The molecule has 1 aromatic carbocycles. The molecule has 1 aromatic heterocycles. The van der Waals surface area contributed by atoms with Gasteiger partial charge in [-0.1, -0.05) is 0 Å². The normalized spacial score (nSPS) is 22.3. The van der Waals surface area contributed by atoms with Crippen molar-refractivity contribution >= 4 is 21.6 Å². The number of urea groups is 1. The quantitative estimate of drug-likeness (QED) is 0.731. The standard InChI is InChI=1S/C20H23F2N5O3S/c1-20(2)9-30-18-15(8-24-27(18)20)31(23,29)26-19(28)25-17-12-5-3-4-11(12)16(22)13-6-10(21)7-14(13)17/h8,10H,3-7,9H2,1-2H3,(H3,23,25,26,28,29). The van der Waals surface area contributed by atoms with E-state index in [2.05, 4.69) is 14.8 Å². The number of hydrogen-bond acceptors (Lipinski definition) is 4.